The number of para-hydroxylation sites is 1. The first kappa shape index (κ1) is 42.3. The average Bonchev–Trinajstić information content (AvgIpc) is 3.91. The zero-order valence-electron chi connectivity index (χ0n) is 42.0. The zero-order chi connectivity index (χ0) is 47.8. The molecule has 0 spiro atoms. The van der Waals surface area contributed by atoms with Crippen LogP contribution in [-0.2, 0) is 21.7 Å². The Kier molecular flexibility index (Phi) is 8.64. The van der Waals surface area contributed by atoms with Crippen molar-refractivity contribution < 1.29 is 4.42 Å². The van der Waals surface area contributed by atoms with Crippen molar-refractivity contribution in [2.24, 2.45) is 0 Å². The van der Waals surface area contributed by atoms with Crippen LogP contribution in [-0.4, -0.2) is 6.85 Å². The first-order valence-electron chi connectivity index (χ1n) is 25.6. The van der Waals surface area contributed by atoms with Gasteiger partial charge in [-0.2, -0.15) is 0 Å². The monoisotopic (exact) mass is 926 g/mol. The van der Waals surface area contributed by atoms with Gasteiger partial charge in [-0.05, 0) is 153 Å². The maximum atomic E-state index is 6.85. The third-order valence-electron chi connectivity index (χ3n) is 17.7. The molecule has 0 saturated heterocycles. The molecular weight excluding hydrogens is 868 g/mol. The van der Waals surface area contributed by atoms with Crippen molar-refractivity contribution in [3.8, 4) is 22.3 Å². The highest BCUT2D eigenvalue weighted by Crippen LogP contribution is 2.56. The molecule has 0 unspecified atom stereocenters. The van der Waals surface area contributed by atoms with E-state index in [-0.39, 0.29) is 28.5 Å². The summed E-state index contributed by atoms with van der Waals surface area (Å²) in [5.74, 6) is 0. The standard InChI is InChI=1S/C65H59BN2OS/c1-38-31-48-50(65(8,9)30-29-63(48,4)5)36-52(38)67-54-32-40(39-17-11-10-12-18-39)23-26-51(54)66-60-55(67)35-45-43-20-14-16-22-58(43)70-61(45)59(60)46-34-44-42-19-13-15-21-56(42)69-57(44)37-53(46)68(66)41-24-25-47-49(33-41)64(6,7)28-27-62(47,2)3/h10-26,31-37H,27-30H2,1-9H3. The minimum Gasteiger partial charge on any atom is -0.456 e. The van der Waals surface area contributed by atoms with Crippen LogP contribution in [0.2, 0.25) is 0 Å². The third kappa shape index (κ3) is 5.88. The maximum Gasteiger partial charge on any atom is 0.333 e. The number of hydrogen-bond acceptors (Lipinski definition) is 4. The molecule has 2 aliphatic heterocycles. The highest BCUT2D eigenvalue weighted by molar-refractivity contribution is 7.26. The van der Waals surface area contributed by atoms with Crippen LogP contribution in [0.15, 0.2) is 150 Å². The van der Waals surface area contributed by atoms with E-state index in [0.717, 1.165) is 34.8 Å². The lowest BCUT2D eigenvalue weighted by Gasteiger charge is -2.48. The molecule has 0 amide bonds. The van der Waals surface area contributed by atoms with Gasteiger partial charge in [-0.3, -0.25) is 0 Å². The predicted molar refractivity (Wildman–Crippen MR) is 301 cm³/mol. The number of rotatable bonds is 3. The number of benzene rings is 8. The summed E-state index contributed by atoms with van der Waals surface area (Å²) in [7, 11) is 0. The molecule has 2 aromatic heterocycles. The number of anilines is 5. The molecule has 8 aromatic carbocycles. The lowest BCUT2D eigenvalue weighted by atomic mass is 9.43. The molecule has 10 aromatic rings. The molecule has 344 valence electrons. The predicted octanol–water partition coefficient (Wildman–Crippen LogP) is 17.3. The second kappa shape index (κ2) is 14.3. The summed E-state index contributed by atoms with van der Waals surface area (Å²) < 4.78 is 9.51. The summed E-state index contributed by atoms with van der Waals surface area (Å²) in [5, 5.41) is 4.93. The van der Waals surface area contributed by atoms with Crippen molar-refractivity contribution in [2.75, 3.05) is 9.71 Å². The largest absolute Gasteiger partial charge is 0.456 e. The van der Waals surface area contributed by atoms with Gasteiger partial charge in [0.15, 0.2) is 0 Å². The van der Waals surface area contributed by atoms with Gasteiger partial charge >= 0.3 is 6.85 Å². The Bertz CT molecular complexity index is 3890. The molecule has 0 fully saturated rings. The van der Waals surface area contributed by atoms with Crippen LogP contribution in [0, 0.1) is 6.92 Å². The van der Waals surface area contributed by atoms with Crippen molar-refractivity contribution in [1.29, 1.82) is 0 Å². The lowest BCUT2D eigenvalue weighted by molar-refractivity contribution is 0.332. The molecule has 0 atom stereocenters. The number of hydrogen-bond donors (Lipinski definition) is 0. The average molecular weight is 927 g/mol. The van der Waals surface area contributed by atoms with Gasteiger partial charge in [0.2, 0.25) is 0 Å². The summed E-state index contributed by atoms with van der Waals surface area (Å²) in [4.78, 5) is 5.42. The fraction of sp³-hybridized carbons (Fsp3) is 0.262. The molecule has 4 heterocycles. The van der Waals surface area contributed by atoms with E-state index in [1.54, 1.807) is 0 Å². The van der Waals surface area contributed by atoms with Crippen LogP contribution in [0.4, 0.5) is 28.4 Å². The van der Waals surface area contributed by atoms with E-state index in [4.69, 9.17) is 4.42 Å². The van der Waals surface area contributed by atoms with Crippen molar-refractivity contribution in [3.05, 3.63) is 173 Å². The van der Waals surface area contributed by atoms with Crippen LogP contribution in [0.3, 0.4) is 0 Å². The van der Waals surface area contributed by atoms with E-state index < -0.39 is 0 Å². The molecule has 5 heteroatoms. The molecule has 2 aliphatic carbocycles. The van der Waals surface area contributed by atoms with Gasteiger partial charge in [0.05, 0.1) is 0 Å². The highest BCUT2D eigenvalue weighted by Gasteiger charge is 2.48. The summed E-state index contributed by atoms with van der Waals surface area (Å²) in [6, 6.07) is 56.1. The van der Waals surface area contributed by atoms with Crippen molar-refractivity contribution in [2.45, 2.75) is 110 Å². The van der Waals surface area contributed by atoms with Crippen LogP contribution in [0.1, 0.15) is 109 Å². The first-order chi connectivity index (χ1) is 33.6. The number of nitrogens with zero attached hydrogens (tertiary/aromatic N) is 2. The Balaban J connectivity index is 1.16. The van der Waals surface area contributed by atoms with Gasteiger partial charge in [0.1, 0.15) is 11.2 Å². The van der Waals surface area contributed by atoms with Crippen molar-refractivity contribution in [3.63, 3.8) is 0 Å². The van der Waals surface area contributed by atoms with Gasteiger partial charge in [-0.15, -0.1) is 11.3 Å². The number of aryl methyl sites for hydroxylation is 1. The van der Waals surface area contributed by atoms with E-state index in [1.807, 2.05) is 11.3 Å². The molecule has 0 saturated carbocycles. The van der Waals surface area contributed by atoms with E-state index >= 15 is 0 Å². The molecule has 3 nitrogen and oxygen atoms in total. The molecule has 0 bridgehead atoms. The van der Waals surface area contributed by atoms with Crippen LogP contribution in [0.25, 0.3) is 64.4 Å². The molecule has 4 aliphatic rings. The van der Waals surface area contributed by atoms with Crippen molar-refractivity contribution in [1.82, 2.24) is 0 Å². The minimum atomic E-state index is -0.143. The number of thiophene rings is 1. The molecule has 70 heavy (non-hydrogen) atoms. The summed E-state index contributed by atoms with van der Waals surface area (Å²) in [5.41, 5.74) is 23.2. The number of furan rings is 1. The van der Waals surface area contributed by atoms with Crippen molar-refractivity contribution >= 4 is 99.7 Å². The Labute approximate surface area is 416 Å². The Morgan fingerprint density at radius 1 is 0.486 bits per heavy atom. The quantitative estimate of drug-likeness (QED) is 0.165. The Morgan fingerprint density at radius 3 is 1.90 bits per heavy atom. The van der Waals surface area contributed by atoms with E-state index in [1.165, 1.54) is 122 Å². The topological polar surface area (TPSA) is 19.6 Å². The van der Waals surface area contributed by atoms with Crippen LogP contribution >= 0.6 is 11.3 Å². The fourth-order valence-electron chi connectivity index (χ4n) is 13.4. The van der Waals surface area contributed by atoms with Crippen LogP contribution in [0.5, 0.6) is 0 Å². The fourth-order valence-corrected chi connectivity index (χ4v) is 14.7. The van der Waals surface area contributed by atoms with Gasteiger partial charge in [-0.1, -0.05) is 146 Å². The van der Waals surface area contributed by atoms with E-state index in [2.05, 4.69) is 218 Å². The summed E-state index contributed by atoms with van der Waals surface area (Å²) in [6.07, 6.45) is 4.67. The summed E-state index contributed by atoms with van der Waals surface area (Å²) >= 11 is 1.95. The smallest absolute Gasteiger partial charge is 0.333 e. The van der Waals surface area contributed by atoms with E-state index in [9.17, 15) is 0 Å². The van der Waals surface area contributed by atoms with Gasteiger partial charge < -0.3 is 14.1 Å². The molecular formula is C65H59BN2OS. The van der Waals surface area contributed by atoms with E-state index in [0.29, 0.717) is 0 Å². The Morgan fingerprint density at radius 2 is 1.14 bits per heavy atom. The number of fused-ring (bicyclic) bond motifs is 13. The SMILES string of the molecule is Cc1cc2c(cc1N1c3cc(-c4ccccc4)ccc3B3c4c1cc1c(sc5ccccc51)c4-c1cc4c(cc1N3c1ccc3c(c1)C(C)(C)CCC3(C)C)oc1ccccc14)C(C)(C)CCC2(C)C. The minimum absolute atomic E-state index is 0.0344. The van der Waals surface area contributed by atoms with Gasteiger partial charge in [-0.25, -0.2) is 0 Å². The molecule has 14 rings (SSSR count). The Hall–Kier alpha value is -6.56. The summed E-state index contributed by atoms with van der Waals surface area (Å²) in [6.45, 7) is 21.9. The van der Waals surface area contributed by atoms with Gasteiger partial charge in [0, 0.05) is 76.6 Å². The third-order valence-corrected chi connectivity index (χ3v) is 18.9. The second-order valence-corrected chi connectivity index (χ2v) is 24.9. The zero-order valence-corrected chi connectivity index (χ0v) is 42.8. The van der Waals surface area contributed by atoms with Crippen LogP contribution < -0.4 is 20.6 Å². The molecule has 0 N–H and O–H groups in total. The first-order valence-corrected chi connectivity index (χ1v) is 26.4. The highest BCUT2D eigenvalue weighted by atomic mass is 32.1. The lowest BCUT2D eigenvalue weighted by Crippen LogP contribution is -2.61. The normalized spacial score (nSPS) is 17.9. The van der Waals surface area contributed by atoms with Gasteiger partial charge in [0.25, 0.3) is 0 Å². The molecule has 0 radical (unpaired) electrons. The second-order valence-electron chi connectivity index (χ2n) is 23.8. The maximum absolute atomic E-state index is 6.85.